The number of methoxy groups -OCH3 is 2. The fourth-order valence-corrected chi connectivity index (χ4v) is 9.21. The summed E-state index contributed by atoms with van der Waals surface area (Å²) in [7, 11) is 3.33. The molecule has 2 fully saturated rings. The Balaban J connectivity index is 0.00000100. The van der Waals surface area contributed by atoms with Gasteiger partial charge in [0.25, 0.3) is 0 Å². The zero-order chi connectivity index (χ0) is 51.9. The van der Waals surface area contributed by atoms with E-state index in [2.05, 4.69) is 149 Å². The van der Waals surface area contributed by atoms with Crippen molar-refractivity contribution in [3.63, 3.8) is 0 Å². The monoisotopic (exact) mass is 988 g/mol. The molecule has 2 aliphatic rings. The van der Waals surface area contributed by atoms with Crippen molar-refractivity contribution in [2.24, 2.45) is 71.0 Å². The Morgan fingerprint density at radius 3 is 1.29 bits per heavy atom. The van der Waals surface area contributed by atoms with Crippen molar-refractivity contribution >= 4 is 23.1 Å². The lowest BCUT2D eigenvalue weighted by Gasteiger charge is -2.30. The molecule has 0 aromatic heterocycles. The van der Waals surface area contributed by atoms with E-state index in [1.807, 2.05) is 19.1 Å². The molecular formula is C56H91O10S2+. The molecule has 12 heteroatoms. The van der Waals surface area contributed by atoms with E-state index in [9.17, 15) is 10.2 Å². The highest BCUT2D eigenvalue weighted by Gasteiger charge is 2.39. The molecule has 18 atom stereocenters. The molecule has 0 amide bonds. The molecule has 2 N–H and O–H groups in total. The summed E-state index contributed by atoms with van der Waals surface area (Å²) in [6.07, 6.45) is 13.0. The predicted octanol–water partition coefficient (Wildman–Crippen LogP) is 11.5. The third kappa shape index (κ3) is 24.2. The number of benzene rings is 2. The molecule has 386 valence electrons. The fraction of sp³-hybridized carbons (Fsp3) is 0.679. The highest BCUT2D eigenvalue weighted by Crippen LogP contribution is 2.35. The number of hydrogen-bond acceptors (Lipinski definition) is 10. The summed E-state index contributed by atoms with van der Waals surface area (Å²) in [5.41, 5.74) is 2.87. The molecule has 0 spiro atoms. The topological polar surface area (TPSA) is 146 Å². The average molecular weight is 988 g/mol. The summed E-state index contributed by atoms with van der Waals surface area (Å²) in [6, 6.07) is 21.5. The van der Waals surface area contributed by atoms with Gasteiger partial charge in [0.05, 0.1) is 24.4 Å². The van der Waals surface area contributed by atoms with Gasteiger partial charge in [0.1, 0.15) is 0 Å². The first kappa shape index (κ1) is 65.0. The van der Waals surface area contributed by atoms with Crippen LogP contribution in [0.4, 0.5) is 0 Å². The van der Waals surface area contributed by atoms with E-state index >= 15 is 0 Å². The molecule has 0 aliphatic carbocycles. The minimum absolute atomic E-state index is 0.0410. The van der Waals surface area contributed by atoms with Crippen LogP contribution in [0.5, 0.6) is 0 Å². The number of ether oxygens (including phenoxy) is 4. The molecule has 2 aromatic carbocycles. The van der Waals surface area contributed by atoms with Gasteiger partial charge in [0.2, 0.25) is 6.58 Å². The molecule has 68 heavy (non-hydrogen) atoms. The summed E-state index contributed by atoms with van der Waals surface area (Å²) in [5, 5.41) is 20.4. The Morgan fingerprint density at radius 2 is 0.971 bits per heavy atom. The molecule has 0 radical (unpaired) electrons. The quantitative estimate of drug-likeness (QED) is 0.0863. The van der Waals surface area contributed by atoms with Crippen molar-refractivity contribution in [2.75, 3.05) is 14.2 Å². The molecular weight excluding hydrogens is 897 g/mol. The molecule has 2 heterocycles. The lowest BCUT2D eigenvalue weighted by atomic mass is 9.76. The van der Waals surface area contributed by atoms with Crippen molar-refractivity contribution in [1.29, 1.82) is 0 Å². The largest absolute Gasteiger partial charge is 0.389 e. The van der Waals surface area contributed by atoms with Crippen molar-refractivity contribution in [1.82, 2.24) is 0 Å². The molecule has 2 unspecified atom stereocenters. The maximum atomic E-state index is 10.7. The van der Waals surface area contributed by atoms with E-state index in [4.69, 9.17) is 42.4 Å². The summed E-state index contributed by atoms with van der Waals surface area (Å²) in [4.78, 5) is 0. The van der Waals surface area contributed by atoms with Gasteiger partial charge in [-0.3, -0.25) is 0 Å². The van der Waals surface area contributed by atoms with Gasteiger partial charge in [0, 0.05) is 44.8 Å². The average Bonchev–Trinajstić information content (AvgIpc) is 3.94. The molecule has 2 aliphatic heterocycles. The molecule has 0 bridgehead atoms. The predicted molar refractivity (Wildman–Crippen MR) is 278 cm³/mol. The van der Waals surface area contributed by atoms with Crippen molar-refractivity contribution in [2.45, 2.75) is 159 Å². The van der Waals surface area contributed by atoms with Gasteiger partial charge in [-0.15, -0.1) is 6.58 Å². The van der Waals surface area contributed by atoms with Crippen LogP contribution in [0.1, 0.15) is 120 Å². The van der Waals surface area contributed by atoms with Gasteiger partial charge in [-0.2, -0.15) is 16.8 Å². The summed E-state index contributed by atoms with van der Waals surface area (Å²) in [6.45, 7) is 36.2. The van der Waals surface area contributed by atoms with Crippen LogP contribution in [0.25, 0.3) is 0 Å². The normalized spacial score (nSPS) is 25.0. The van der Waals surface area contributed by atoms with Crippen LogP contribution >= 0.6 is 0 Å². The van der Waals surface area contributed by atoms with Crippen LogP contribution in [0.2, 0.25) is 0 Å². The van der Waals surface area contributed by atoms with Crippen molar-refractivity contribution in [3.05, 3.63) is 109 Å². The Bertz CT molecular complexity index is 1690. The maximum Gasteiger partial charge on any atom is 0.335 e. The number of rotatable bonds is 22. The minimum atomic E-state index is -0.750. The summed E-state index contributed by atoms with van der Waals surface area (Å²) < 4.78 is 55.3. The van der Waals surface area contributed by atoms with Crippen molar-refractivity contribution in [3.8, 4) is 0 Å². The van der Waals surface area contributed by atoms with Crippen LogP contribution in [-0.2, 0) is 54.9 Å². The lowest BCUT2D eigenvalue weighted by Crippen LogP contribution is -2.32. The van der Waals surface area contributed by atoms with E-state index < -0.39 is 35.4 Å². The first-order valence-electron chi connectivity index (χ1n) is 24.7. The zero-order valence-corrected chi connectivity index (χ0v) is 45.6. The zero-order valence-electron chi connectivity index (χ0n) is 44.0. The highest BCUT2D eigenvalue weighted by molar-refractivity contribution is 7.51. The van der Waals surface area contributed by atoms with Crippen molar-refractivity contribution < 1.29 is 46.0 Å². The Hall–Kier alpha value is -3.03. The molecule has 2 aromatic rings. The lowest BCUT2D eigenvalue weighted by molar-refractivity contribution is -0.134. The fourth-order valence-electron chi connectivity index (χ4n) is 9.21. The van der Waals surface area contributed by atoms with Crippen LogP contribution < -0.4 is 0 Å². The van der Waals surface area contributed by atoms with Crippen LogP contribution in [0, 0.1) is 77.6 Å². The molecule has 10 nitrogen and oxygen atoms in total. The third-order valence-electron chi connectivity index (χ3n) is 15.2. The number of aryl methyl sites for hydroxylation is 2. The minimum Gasteiger partial charge on any atom is -0.389 e. The van der Waals surface area contributed by atoms with E-state index in [0.29, 0.717) is 53.3 Å². The number of aliphatic hydroxyl groups excluding tert-OH is 2. The van der Waals surface area contributed by atoms with Crippen LogP contribution in [-0.4, -0.2) is 78.3 Å². The first-order valence-corrected chi connectivity index (χ1v) is 26.1. The van der Waals surface area contributed by atoms with Gasteiger partial charge in [-0.1, -0.05) is 162 Å². The van der Waals surface area contributed by atoms with Gasteiger partial charge in [-0.25, -0.2) is 0 Å². The standard InChI is InChI=1S/C27H44O3.C18H27.C11H20O3.2O2S/c1-18(13-15-24-11-9-8-10-12-24)21(4)22(5)19(2)14-16-25(28)23(6)27-20(3)17-26(29-7)30-27;1-6-14(2)16(4)17(5)15(3)12-13-18-10-8-7-9-11-18;1-5-9(12)8(3)11-7(2)6-10(13-4)14-11;2*1-3-2/h8-12,14,16,18-23,25-28H,13,15,17H2,1-7H3;1,6-11,14-17H,12-13H2,2-5H3;5,7-12H,1,6H2,2-4H3;;/q;+1;;;/b16-14+;;;;/t18-,19-,20+,21+,22?,23-,25+,26-,27+;14-,15-,16?,17+;7-,8+,9-,10+,11-;;/m001../s1. The van der Waals surface area contributed by atoms with E-state index in [1.54, 1.807) is 20.3 Å². The molecule has 4 rings (SSSR count). The van der Waals surface area contributed by atoms with Crippen LogP contribution in [0.15, 0.2) is 91.5 Å². The van der Waals surface area contributed by atoms with Gasteiger partial charge >= 0.3 is 23.1 Å². The van der Waals surface area contributed by atoms with Crippen LogP contribution in [0.3, 0.4) is 0 Å². The SMILES string of the molecule is C=C[C@@H](O)[C@H](C)[C@@H]1O[C@H](OC)C[C@H]1C.CO[C@@H]1C[C@@H](C)[C@H]([C@@H](C)[C@H](O)/C=C/[C@H](C)C(C)[C@H](C)[C@@H](C)CCc2ccccc2)O1.O=S=O.O=S=O.[CH+]=C[C@H](C)C(C)[C@H](C)[C@@H](C)CCc1ccccc1. The highest BCUT2D eigenvalue weighted by atomic mass is 32.1. The van der Waals surface area contributed by atoms with Gasteiger partial charge in [0.15, 0.2) is 18.7 Å². The smallest absolute Gasteiger partial charge is 0.335 e. The number of aliphatic hydroxyl groups is 2. The third-order valence-corrected chi connectivity index (χ3v) is 15.2. The van der Waals surface area contributed by atoms with E-state index in [0.717, 1.165) is 25.2 Å². The Kier molecular flexibility index (Phi) is 35.2. The summed E-state index contributed by atoms with van der Waals surface area (Å²) in [5.74, 6) is 5.83. The van der Waals surface area contributed by atoms with Gasteiger partial charge < -0.3 is 29.2 Å². The molecule has 2 saturated heterocycles. The summed E-state index contributed by atoms with van der Waals surface area (Å²) >= 11 is -1.50. The van der Waals surface area contributed by atoms with E-state index in [-0.39, 0.29) is 36.6 Å². The van der Waals surface area contributed by atoms with Gasteiger partial charge in [-0.05, 0) is 90.1 Å². The number of allylic oxidation sites excluding steroid dienone is 2. The first-order chi connectivity index (χ1) is 32.2. The second-order valence-corrected chi connectivity index (χ2v) is 20.0. The molecule has 0 saturated carbocycles. The maximum absolute atomic E-state index is 10.7. The second kappa shape index (κ2) is 36.8. The Labute approximate surface area is 420 Å². The number of hydrogen-bond donors (Lipinski definition) is 2. The van der Waals surface area contributed by atoms with E-state index in [1.165, 1.54) is 30.4 Å². The second-order valence-electron chi connectivity index (χ2n) is 19.8. The Morgan fingerprint density at radius 1 is 0.618 bits per heavy atom.